The normalized spacial score (nSPS) is 30.7. The van der Waals surface area contributed by atoms with Crippen LogP contribution in [-0.2, 0) is 11.3 Å². The zero-order valence-corrected chi connectivity index (χ0v) is 16.3. The fourth-order valence-electron chi connectivity index (χ4n) is 5.82. The van der Waals surface area contributed by atoms with Crippen LogP contribution in [0.4, 0.5) is 0 Å². The third-order valence-electron chi connectivity index (χ3n) is 6.89. The number of likely N-dealkylation sites (tertiary alicyclic amines) is 1. The van der Waals surface area contributed by atoms with Crippen LogP contribution in [0.25, 0.3) is 0 Å². The van der Waals surface area contributed by atoms with Crippen molar-refractivity contribution in [3.05, 3.63) is 47.5 Å². The van der Waals surface area contributed by atoms with E-state index in [1.54, 1.807) is 0 Å². The van der Waals surface area contributed by atoms with Gasteiger partial charge in [0.15, 0.2) is 0 Å². The van der Waals surface area contributed by atoms with Crippen molar-refractivity contribution in [2.45, 2.75) is 50.7 Å². The van der Waals surface area contributed by atoms with Crippen molar-refractivity contribution >= 4 is 5.97 Å². The zero-order chi connectivity index (χ0) is 19.5. The quantitative estimate of drug-likeness (QED) is 0.796. The average molecular weight is 380 g/mol. The summed E-state index contributed by atoms with van der Waals surface area (Å²) in [5.74, 6) is 0.469. The van der Waals surface area contributed by atoms with E-state index in [1.807, 2.05) is 18.2 Å². The predicted molar refractivity (Wildman–Crippen MR) is 108 cm³/mol. The summed E-state index contributed by atoms with van der Waals surface area (Å²) in [7, 11) is 0. The van der Waals surface area contributed by atoms with Crippen molar-refractivity contribution < 1.29 is 9.90 Å². The molecule has 0 spiro atoms. The number of benzene rings is 1. The number of hydrogen-bond acceptors (Lipinski definition) is 4. The molecule has 0 unspecified atom stereocenters. The molecule has 3 aliphatic heterocycles. The molecule has 0 aliphatic carbocycles. The van der Waals surface area contributed by atoms with Crippen LogP contribution in [-0.4, -0.2) is 52.6 Å². The van der Waals surface area contributed by atoms with E-state index >= 15 is 0 Å². The number of nitriles is 1. The topological polar surface area (TPSA) is 67.6 Å². The Morgan fingerprint density at radius 2 is 1.96 bits per heavy atom. The van der Waals surface area contributed by atoms with Gasteiger partial charge in [-0.1, -0.05) is 18.2 Å². The standard InChI is InChI=1S/C23H29N3O2/c24-14-17-8-10-18(11-9-17)15-26-16-19-4-2-12-25-13-3-5-20(23(19)25)21(26)6-1-7-22(27)28/h1,7-11,19-21,23H,2-6,12-13,15-16H2,(H,27,28)/b7-1+/t19-,20+,21+,23-/m0/s1. The highest BCUT2D eigenvalue weighted by molar-refractivity contribution is 5.79. The van der Waals surface area contributed by atoms with E-state index in [0.717, 1.165) is 25.4 Å². The van der Waals surface area contributed by atoms with E-state index in [0.29, 0.717) is 23.6 Å². The summed E-state index contributed by atoms with van der Waals surface area (Å²) in [5, 5.41) is 18.1. The Morgan fingerprint density at radius 1 is 1.21 bits per heavy atom. The number of carboxylic acids is 1. The SMILES string of the molecule is N#Cc1ccc(CN2C[C@@H]3CCCN4CCC[C@@H]([C@H]34)[C@H]2C/C=C/C(=O)O)cc1. The third-order valence-corrected chi connectivity index (χ3v) is 6.89. The first-order chi connectivity index (χ1) is 13.7. The molecule has 0 radical (unpaired) electrons. The monoisotopic (exact) mass is 379 g/mol. The van der Waals surface area contributed by atoms with Crippen LogP contribution in [0.15, 0.2) is 36.4 Å². The van der Waals surface area contributed by atoms with Gasteiger partial charge in [0.1, 0.15) is 0 Å². The Balaban J connectivity index is 1.57. The van der Waals surface area contributed by atoms with Crippen molar-refractivity contribution in [3.8, 4) is 6.07 Å². The Labute approximate surface area is 167 Å². The first-order valence-corrected chi connectivity index (χ1v) is 10.5. The molecular formula is C23H29N3O2. The molecule has 3 saturated heterocycles. The van der Waals surface area contributed by atoms with Crippen molar-refractivity contribution in [1.29, 1.82) is 5.26 Å². The number of carboxylic acid groups (broad SMARTS) is 1. The molecule has 1 aromatic rings. The lowest BCUT2D eigenvalue weighted by Crippen LogP contribution is -2.64. The first kappa shape index (κ1) is 19.2. The van der Waals surface area contributed by atoms with Gasteiger partial charge < -0.3 is 5.11 Å². The van der Waals surface area contributed by atoms with Gasteiger partial charge in [0.25, 0.3) is 0 Å². The fourth-order valence-corrected chi connectivity index (χ4v) is 5.82. The molecule has 0 aromatic heterocycles. The maximum Gasteiger partial charge on any atom is 0.327 e. The van der Waals surface area contributed by atoms with Crippen LogP contribution >= 0.6 is 0 Å². The van der Waals surface area contributed by atoms with E-state index in [4.69, 9.17) is 10.4 Å². The second-order valence-electron chi connectivity index (χ2n) is 8.52. The number of nitrogens with zero attached hydrogens (tertiary/aromatic N) is 3. The molecule has 1 N–H and O–H groups in total. The van der Waals surface area contributed by atoms with Gasteiger partial charge in [-0.05, 0) is 74.7 Å². The Morgan fingerprint density at radius 3 is 2.68 bits per heavy atom. The molecule has 5 heteroatoms. The van der Waals surface area contributed by atoms with Gasteiger partial charge in [-0.2, -0.15) is 5.26 Å². The molecular weight excluding hydrogens is 350 g/mol. The van der Waals surface area contributed by atoms with Crippen molar-refractivity contribution in [2.75, 3.05) is 19.6 Å². The summed E-state index contributed by atoms with van der Waals surface area (Å²) in [6, 6.07) is 11.1. The molecule has 1 aromatic carbocycles. The van der Waals surface area contributed by atoms with Crippen molar-refractivity contribution in [2.24, 2.45) is 11.8 Å². The van der Waals surface area contributed by atoms with Gasteiger partial charge in [-0.25, -0.2) is 4.79 Å². The molecule has 28 heavy (non-hydrogen) atoms. The van der Waals surface area contributed by atoms with Gasteiger partial charge >= 0.3 is 5.97 Å². The summed E-state index contributed by atoms with van der Waals surface area (Å²) < 4.78 is 0. The van der Waals surface area contributed by atoms with Crippen LogP contribution in [0.2, 0.25) is 0 Å². The molecule has 0 saturated carbocycles. The van der Waals surface area contributed by atoms with Gasteiger partial charge in [0, 0.05) is 31.2 Å². The number of rotatable bonds is 5. The second kappa shape index (κ2) is 8.46. The molecule has 4 rings (SSSR count). The van der Waals surface area contributed by atoms with Crippen molar-refractivity contribution in [3.63, 3.8) is 0 Å². The molecule has 3 aliphatic rings. The highest BCUT2D eigenvalue weighted by Gasteiger charge is 2.47. The fraction of sp³-hybridized carbons (Fsp3) is 0.565. The van der Waals surface area contributed by atoms with Gasteiger partial charge in [0.05, 0.1) is 11.6 Å². The smallest absolute Gasteiger partial charge is 0.327 e. The minimum atomic E-state index is -0.865. The number of hydrogen-bond donors (Lipinski definition) is 1. The first-order valence-electron chi connectivity index (χ1n) is 10.5. The van der Waals surface area contributed by atoms with E-state index < -0.39 is 5.97 Å². The molecule has 4 atom stereocenters. The summed E-state index contributed by atoms with van der Waals surface area (Å²) in [6.45, 7) is 4.41. The van der Waals surface area contributed by atoms with Gasteiger partial charge in [0.2, 0.25) is 0 Å². The van der Waals surface area contributed by atoms with E-state index in [2.05, 4.69) is 28.0 Å². The summed E-state index contributed by atoms with van der Waals surface area (Å²) in [6.07, 6.45) is 9.03. The largest absolute Gasteiger partial charge is 0.478 e. The van der Waals surface area contributed by atoms with E-state index in [9.17, 15) is 4.79 Å². The van der Waals surface area contributed by atoms with E-state index in [1.165, 1.54) is 50.4 Å². The Hall–Kier alpha value is -2.16. The average Bonchev–Trinajstić information content (AvgIpc) is 2.71. The number of piperidine rings is 3. The van der Waals surface area contributed by atoms with Crippen LogP contribution in [0.5, 0.6) is 0 Å². The van der Waals surface area contributed by atoms with Crippen LogP contribution in [0, 0.1) is 23.2 Å². The summed E-state index contributed by atoms with van der Waals surface area (Å²) in [4.78, 5) is 16.3. The van der Waals surface area contributed by atoms with E-state index in [-0.39, 0.29) is 0 Å². The number of aliphatic carboxylic acids is 1. The third kappa shape index (κ3) is 3.99. The zero-order valence-electron chi connectivity index (χ0n) is 16.3. The second-order valence-corrected chi connectivity index (χ2v) is 8.52. The lowest BCUT2D eigenvalue weighted by molar-refractivity contribution is -0.131. The predicted octanol–water partition coefficient (Wildman–Crippen LogP) is 3.26. The molecule has 3 heterocycles. The van der Waals surface area contributed by atoms with Gasteiger partial charge in [-0.3, -0.25) is 9.80 Å². The Kier molecular flexibility index (Phi) is 5.79. The highest BCUT2D eigenvalue weighted by atomic mass is 16.4. The van der Waals surface area contributed by atoms with Crippen LogP contribution in [0.3, 0.4) is 0 Å². The maximum absolute atomic E-state index is 11.0. The Bertz CT molecular complexity index is 765. The van der Waals surface area contributed by atoms with Crippen LogP contribution < -0.4 is 0 Å². The highest BCUT2D eigenvalue weighted by Crippen LogP contribution is 2.43. The lowest BCUT2D eigenvalue weighted by Gasteiger charge is -2.57. The van der Waals surface area contributed by atoms with Crippen molar-refractivity contribution in [1.82, 2.24) is 9.80 Å². The minimum Gasteiger partial charge on any atom is -0.478 e. The summed E-state index contributed by atoms with van der Waals surface area (Å²) in [5.41, 5.74) is 1.92. The maximum atomic E-state index is 11.0. The lowest BCUT2D eigenvalue weighted by atomic mass is 9.69. The number of carbonyl (C=O) groups is 1. The van der Waals surface area contributed by atoms with Gasteiger partial charge in [-0.15, -0.1) is 0 Å². The molecule has 0 amide bonds. The molecule has 0 bridgehead atoms. The summed E-state index contributed by atoms with van der Waals surface area (Å²) >= 11 is 0. The molecule has 5 nitrogen and oxygen atoms in total. The molecule has 148 valence electrons. The van der Waals surface area contributed by atoms with Crippen LogP contribution in [0.1, 0.15) is 43.2 Å². The minimum absolute atomic E-state index is 0.383. The molecule has 3 fully saturated rings.